The first kappa shape index (κ1) is 9.75. The van der Waals surface area contributed by atoms with E-state index in [4.69, 9.17) is 9.84 Å². The maximum atomic E-state index is 8.58. The van der Waals surface area contributed by atoms with Crippen LogP contribution in [0.3, 0.4) is 0 Å². The maximum Gasteiger partial charge on any atom is 0.0783 e. The Labute approximate surface area is 74.2 Å². The standard InChI is InChI=1S/C10H18O2/c1-8-3-4-10(9(2)7-8)12-6-5-11/h8,10-11H,2-7H2,1H3. The molecule has 1 N–H and O–H groups in total. The molecule has 1 saturated carbocycles. The van der Waals surface area contributed by atoms with Crippen LogP contribution in [-0.2, 0) is 4.74 Å². The van der Waals surface area contributed by atoms with Gasteiger partial charge in [0.05, 0.1) is 19.3 Å². The van der Waals surface area contributed by atoms with Gasteiger partial charge in [-0.05, 0) is 30.8 Å². The van der Waals surface area contributed by atoms with Crippen LogP contribution in [0.2, 0.25) is 0 Å². The summed E-state index contributed by atoms with van der Waals surface area (Å²) < 4.78 is 5.44. The first-order chi connectivity index (χ1) is 5.74. The molecule has 0 radical (unpaired) electrons. The molecule has 2 unspecified atom stereocenters. The molecule has 70 valence electrons. The van der Waals surface area contributed by atoms with Crippen molar-refractivity contribution >= 4 is 0 Å². The fourth-order valence-electron chi connectivity index (χ4n) is 1.72. The lowest BCUT2D eigenvalue weighted by Gasteiger charge is -2.28. The van der Waals surface area contributed by atoms with E-state index in [-0.39, 0.29) is 12.7 Å². The van der Waals surface area contributed by atoms with Gasteiger partial charge in [0, 0.05) is 0 Å². The van der Waals surface area contributed by atoms with Gasteiger partial charge >= 0.3 is 0 Å². The molecule has 0 aliphatic heterocycles. The number of aliphatic hydroxyl groups excluding tert-OH is 1. The molecule has 12 heavy (non-hydrogen) atoms. The summed E-state index contributed by atoms with van der Waals surface area (Å²) in [4.78, 5) is 0. The van der Waals surface area contributed by atoms with Gasteiger partial charge in [-0.15, -0.1) is 0 Å². The van der Waals surface area contributed by atoms with Crippen molar-refractivity contribution in [2.75, 3.05) is 13.2 Å². The molecule has 0 saturated heterocycles. The monoisotopic (exact) mass is 170 g/mol. The predicted molar refractivity (Wildman–Crippen MR) is 49.0 cm³/mol. The molecule has 2 heteroatoms. The SMILES string of the molecule is C=C1CC(C)CCC1OCCO. The van der Waals surface area contributed by atoms with Crippen LogP contribution >= 0.6 is 0 Å². The quantitative estimate of drug-likeness (QED) is 0.654. The zero-order valence-corrected chi connectivity index (χ0v) is 7.75. The van der Waals surface area contributed by atoms with E-state index in [0.717, 1.165) is 18.8 Å². The van der Waals surface area contributed by atoms with Gasteiger partial charge in [-0.2, -0.15) is 0 Å². The summed E-state index contributed by atoms with van der Waals surface area (Å²) >= 11 is 0. The third-order valence-electron chi connectivity index (χ3n) is 2.40. The van der Waals surface area contributed by atoms with Crippen LogP contribution in [0.4, 0.5) is 0 Å². The van der Waals surface area contributed by atoms with E-state index in [9.17, 15) is 0 Å². The highest BCUT2D eigenvalue weighted by atomic mass is 16.5. The van der Waals surface area contributed by atoms with E-state index in [2.05, 4.69) is 13.5 Å². The Morgan fingerprint density at radius 1 is 1.58 bits per heavy atom. The lowest BCUT2D eigenvalue weighted by atomic mass is 9.85. The highest BCUT2D eigenvalue weighted by Crippen LogP contribution is 2.28. The zero-order valence-electron chi connectivity index (χ0n) is 7.75. The fourth-order valence-corrected chi connectivity index (χ4v) is 1.72. The third kappa shape index (κ3) is 2.61. The summed E-state index contributed by atoms with van der Waals surface area (Å²) in [6.45, 7) is 6.79. The van der Waals surface area contributed by atoms with Gasteiger partial charge in [0.15, 0.2) is 0 Å². The molecule has 1 aliphatic carbocycles. The van der Waals surface area contributed by atoms with Crippen molar-refractivity contribution in [1.29, 1.82) is 0 Å². The second kappa shape index (κ2) is 4.63. The Bertz CT molecular complexity index is 152. The second-order valence-corrected chi connectivity index (χ2v) is 3.63. The fraction of sp³-hybridized carbons (Fsp3) is 0.800. The van der Waals surface area contributed by atoms with Crippen molar-refractivity contribution in [3.63, 3.8) is 0 Å². The van der Waals surface area contributed by atoms with Crippen LogP contribution in [0.5, 0.6) is 0 Å². The van der Waals surface area contributed by atoms with Crippen molar-refractivity contribution in [3.05, 3.63) is 12.2 Å². The highest BCUT2D eigenvalue weighted by molar-refractivity contribution is 5.06. The second-order valence-electron chi connectivity index (χ2n) is 3.63. The molecule has 0 spiro atoms. The number of ether oxygens (including phenoxy) is 1. The van der Waals surface area contributed by atoms with E-state index >= 15 is 0 Å². The Morgan fingerprint density at radius 3 is 2.92 bits per heavy atom. The molecule has 0 aromatic heterocycles. The minimum Gasteiger partial charge on any atom is -0.394 e. The van der Waals surface area contributed by atoms with Crippen molar-refractivity contribution in [3.8, 4) is 0 Å². The Balaban J connectivity index is 2.30. The van der Waals surface area contributed by atoms with Gasteiger partial charge in [0.2, 0.25) is 0 Å². The molecule has 0 amide bonds. The number of aliphatic hydroxyl groups is 1. The van der Waals surface area contributed by atoms with E-state index in [1.807, 2.05) is 0 Å². The summed E-state index contributed by atoms with van der Waals surface area (Å²) in [5, 5.41) is 8.58. The smallest absolute Gasteiger partial charge is 0.0783 e. The van der Waals surface area contributed by atoms with Gasteiger partial charge in [-0.3, -0.25) is 0 Å². The average molecular weight is 170 g/mol. The van der Waals surface area contributed by atoms with Crippen molar-refractivity contribution in [2.45, 2.75) is 32.3 Å². The number of rotatable bonds is 3. The van der Waals surface area contributed by atoms with Gasteiger partial charge in [-0.1, -0.05) is 13.5 Å². The Kier molecular flexibility index (Phi) is 3.76. The average Bonchev–Trinajstić information content (AvgIpc) is 2.03. The van der Waals surface area contributed by atoms with Crippen LogP contribution in [0.15, 0.2) is 12.2 Å². The molecule has 0 bridgehead atoms. The lowest BCUT2D eigenvalue weighted by molar-refractivity contribution is 0.0309. The van der Waals surface area contributed by atoms with Crippen LogP contribution in [0, 0.1) is 5.92 Å². The lowest BCUT2D eigenvalue weighted by Crippen LogP contribution is -2.24. The van der Waals surface area contributed by atoms with Crippen LogP contribution < -0.4 is 0 Å². The first-order valence-corrected chi connectivity index (χ1v) is 4.64. The minimum atomic E-state index is 0.110. The summed E-state index contributed by atoms with van der Waals surface area (Å²) in [5.41, 5.74) is 1.20. The van der Waals surface area contributed by atoms with Gasteiger partial charge < -0.3 is 9.84 Å². The summed E-state index contributed by atoms with van der Waals surface area (Å²) in [6, 6.07) is 0. The highest BCUT2D eigenvalue weighted by Gasteiger charge is 2.21. The summed E-state index contributed by atoms with van der Waals surface area (Å²) in [7, 11) is 0. The van der Waals surface area contributed by atoms with E-state index in [1.54, 1.807) is 0 Å². The maximum absolute atomic E-state index is 8.58. The number of hydrogen-bond donors (Lipinski definition) is 1. The molecule has 0 aromatic carbocycles. The molecular weight excluding hydrogens is 152 g/mol. The van der Waals surface area contributed by atoms with Gasteiger partial charge in [-0.25, -0.2) is 0 Å². The van der Waals surface area contributed by atoms with E-state index < -0.39 is 0 Å². The van der Waals surface area contributed by atoms with Crippen molar-refractivity contribution < 1.29 is 9.84 Å². The normalized spacial score (nSPS) is 30.7. The van der Waals surface area contributed by atoms with E-state index in [1.165, 1.54) is 12.0 Å². The summed E-state index contributed by atoms with van der Waals surface area (Å²) in [6.07, 6.45) is 3.57. The molecule has 0 heterocycles. The molecule has 2 atom stereocenters. The molecule has 1 fully saturated rings. The Morgan fingerprint density at radius 2 is 2.33 bits per heavy atom. The zero-order chi connectivity index (χ0) is 8.97. The topological polar surface area (TPSA) is 29.5 Å². The predicted octanol–water partition coefficient (Wildman–Crippen LogP) is 1.74. The third-order valence-corrected chi connectivity index (χ3v) is 2.40. The largest absolute Gasteiger partial charge is 0.394 e. The molecule has 1 aliphatic rings. The molecule has 1 rings (SSSR count). The molecule has 0 aromatic rings. The van der Waals surface area contributed by atoms with Crippen LogP contribution in [-0.4, -0.2) is 24.4 Å². The molecular formula is C10H18O2. The Hall–Kier alpha value is -0.340. The van der Waals surface area contributed by atoms with Gasteiger partial charge in [0.1, 0.15) is 0 Å². The summed E-state index contributed by atoms with van der Waals surface area (Å²) in [5.74, 6) is 0.756. The minimum absolute atomic E-state index is 0.110. The molecule has 2 nitrogen and oxygen atoms in total. The van der Waals surface area contributed by atoms with E-state index in [0.29, 0.717) is 6.61 Å². The number of hydrogen-bond acceptors (Lipinski definition) is 2. The van der Waals surface area contributed by atoms with Crippen LogP contribution in [0.25, 0.3) is 0 Å². The first-order valence-electron chi connectivity index (χ1n) is 4.64. The van der Waals surface area contributed by atoms with Gasteiger partial charge in [0.25, 0.3) is 0 Å². The van der Waals surface area contributed by atoms with Crippen molar-refractivity contribution in [1.82, 2.24) is 0 Å². The van der Waals surface area contributed by atoms with Crippen LogP contribution in [0.1, 0.15) is 26.2 Å². The van der Waals surface area contributed by atoms with Crippen molar-refractivity contribution in [2.24, 2.45) is 5.92 Å².